The smallest absolute Gasteiger partial charge is 0.411 e. The van der Waals surface area contributed by atoms with Gasteiger partial charge in [0, 0.05) is 19.5 Å². The molecule has 18 heteroatoms. The van der Waals surface area contributed by atoms with E-state index >= 15 is 0 Å². The maximum atomic E-state index is 13.7. The summed E-state index contributed by atoms with van der Waals surface area (Å²) in [5, 5.41) is 18.3. The molecule has 0 unspecified atom stereocenters. The van der Waals surface area contributed by atoms with Crippen molar-refractivity contribution in [3.05, 3.63) is 41.0 Å². The molecule has 1 aromatic heterocycles. The van der Waals surface area contributed by atoms with E-state index in [0.717, 1.165) is 9.47 Å². The van der Waals surface area contributed by atoms with Crippen LogP contribution in [-0.2, 0) is 40.3 Å². The number of alkyl halides is 6. The van der Waals surface area contributed by atoms with Gasteiger partial charge in [-0.15, -0.1) is 10.2 Å². The minimum atomic E-state index is -6.14. The number of aromatic nitrogens is 3. The predicted molar refractivity (Wildman–Crippen MR) is 97.6 cm³/mol. The van der Waals surface area contributed by atoms with E-state index in [1.807, 2.05) is 0 Å². The van der Waals surface area contributed by atoms with Crippen molar-refractivity contribution in [3.8, 4) is 0 Å². The van der Waals surface area contributed by atoms with Crippen molar-refractivity contribution in [3.63, 3.8) is 0 Å². The van der Waals surface area contributed by atoms with Crippen molar-refractivity contribution >= 4 is 21.5 Å². The molecule has 1 aliphatic rings. The van der Waals surface area contributed by atoms with Crippen LogP contribution in [0.1, 0.15) is 23.6 Å². The highest BCUT2D eigenvalue weighted by Gasteiger charge is 2.48. The summed E-state index contributed by atoms with van der Waals surface area (Å²) >= 11 is 0. The molecule has 1 amide bonds. The Balaban J connectivity index is 1.81. The van der Waals surface area contributed by atoms with Crippen LogP contribution in [0.3, 0.4) is 0 Å². The third kappa shape index (κ3) is 5.20. The monoisotopic (exact) mass is 535 g/mol. The normalized spacial score (nSPS) is 15.3. The fourth-order valence-corrected chi connectivity index (χ4v) is 4.29. The first-order valence-electron chi connectivity index (χ1n) is 9.32. The maximum Gasteiger partial charge on any atom is 0.501 e. The lowest BCUT2D eigenvalue weighted by atomic mass is 10.0. The van der Waals surface area contributed by atoms with Gasteiger partial charge in [0.05, 0.1) is 23.6 Å². The van der Waals surface area contributed by atoms with E-state index in [1.54, 1.807) is 0 Å². The molecule has 0 saturated heterocycles. The lowest BCUT2D eigenvalue weighted by molar-refractivity contribution is -0.148. The molecule has 0 spiro atoms. The van der Waals surface area contributed by atoms with E-state index in [9.17, 15) is 53.5 Å². The molecule has 0 bridgehead atoms. The largest absolute Gasteiger partial charge is 0.501 e. The van der Waals surface area contributed by atoms with Crippen LogP contribution in [0.5, 0.6) is 0 Å². The third-order valence-corrected chi connectivity index (χ3v) is 6.52. The number of hydrogen-bond acceptors (Lipinski definition) is 7. The van der Waals surface area contributed by atoms with Crippen LogP contribution in [-0.4, -0.2) is 57.0 Å². The van der Waals surface area contributed by atoms with Crippen molar-refractivity contribution in [2.45, 2.75) is 42.5 Å². The zero-order valence-corrected chi connectivity index (χ0v) is 17.8. The van der Waals surface area contributed by atoms with Gasteiger partial charge in [-0.2, -0.15) is 26.3 Å². The average molecular weight is 535 g/mol. The lowest BCUT2D eigenvalue weighted by Gasteiger charge is -2.28. The first-order chi connectivity index (χ1) is 16.1. The molecular formula is C17H13F8N5O4S. The number of carbonyl (C=O) groups excluding carboxylic acids is 1. The van der Waals surface area contributed by atoms with Crippen LogP contribution >= 0.6 is 0 Å². The number of benzene rings is 1. The first-order valence-corrected chi connectivity index (χ1v) is 10.8. The SMILES string of the molecule is O=C(C/C(Cc1cc(F)c(F)cc1S(=O)(=O)C(F)(F)F)=N\O)N1CCn2c(nnc2C(F)(F)F)C1. The van der Waals surface area contributed by atoms with Crippen LogP contribution in [0.2, 0.25) is 0 Å². The second-order valence-electron chi connectivity index (χ2n) is 7.25. The van der Waals surface area contributed by atoms with Gasteiger partial charge < -0.3 is 14.7 Å². The number of rotatable bonds is 5. The van der Waals surface area contributed by atoms with Crippen molar-refractivity contribution < 1.29 is 53.5 Å². The fraction of sp³-hybridized carbons (Fsp3) is 0.412. The molecule has 0 fully saturated rings. The molecule has 3 rings (SSSR count). The molecule has 1 aromatic carbocycles. The standard InChI is InChI=1S/C17H13F8N5O4S/c18-10-4-8(12(6-11(10)19)35(33,34)17(23,24)25)3-9(28-32)5-14(31)29-1-2-30-13(7-29)26-27-15(30)16(20,21)22/h4,6,32H,1-3,5,7H2/b28-9-. The van der Waals surface area contributed by atoms with Crippen molar-refractivity contribution in [2.24, 2.45) is 5.16 Å². The van der Waals surface area contributed by atoms with Gasteiger partial charge in [0.2, 0.25) is 11.7 Å². The minimum Gasteiger partial charge on any atom is -0.411 e. The number of oxime groups is 1. The zero-order chi connectivity index (χ0) is 26.3. The fourth-order valence-electron chi connectivity index (χ4n) is 3.30. The third-order valence-electron chi connectivity index (χ3n) is 4.95. The summed E-state index contributed by atoms with van der Waals surface area (Å²) in [4.78, 5) is 11.9. The number of fused-ring (bicyclic) bond motifs is 1. The summed E-state index contributed by atoms with van der Waals surface area (Å²) in [7, 11) is -6.14. The molecule has 2 heterocycles. The highest BCUT2D eigenvalue weighted by Crippen LogP contribution is 2.34. The molecule has 192 valence electrons. The minimum absolute atomic E-state index is 0.158. The Bertz CT molecular complexity index is 1290. The molecule has 1 aliphatic heterocycles. The number of amides is 1. The summed E-state index contributed by atoms with van der Waals surface area (Å²) < 4.78 is 129. The van der Waals surface area contributed by atoms with Gasteiger partial charge in [-0.3, -0.25) is 4.79 Å². The summed E-state index contributed by atoms with van der Waals surface area (Å²) in [5.74, 6) is -5.93. The lowest BCUT2D eigenvalue weighted by Crippen LogP contribution is -2.40. The summed E-state index contributed by atoms with van der Waals surface area (Å²) in [5.41, 5.74) is -7.42. The molecule has 0 aliphatic carbocycles. The molecule has 0 radical (unpaired) electrons. The number of halogens is 8. The molecule has 1 N–H and O–H groups in total. The Morgan fingerprint density at radius 3 is 2.26 bits per heavy atom. The van der Waals surface area contributed by atoms with E-state index in [0.29, 0.717) is 0 Å². The molecule has 0 saturated carbocycles. The zero-order valence-electron chi connectivity index (χ0n) is 17.0. The van der Waals surface area contributed by atoms with Crippen LogP contribution < -0.4 is 0 Å². The molecule has 9 nitrogen and oxygen atoms in total. The summed E-state index contributed by atoms with van der Waals surface area (Å²) in [6, 6.07) is -0.0222. The first kappa shape index (κ1) is 26.3. The molecule has 35 heavy (non-hydrogen) atoms. The molecular weight excluding hydrogens is 522 g/mol. The van der Waals surface area contributed by atoms with E-state index < -0.39 is 80.4 Å². The second kappa shape index (κ2) is 9.04. The quantitative estimate of drug-likeness (QED) is 0.207. The van der Waals surface area contributed by atoms with Crippen LogP contribution in [0.25, 0.3) is 0 Å². The van der Waals surface area contributed by atoms with Gasteiger partial charge in [0.1, 0.15) is 0 Å². The second-order valence-corrected chi connectivity index (χ2v) is 9.16. The Hall–Kier alpha value is -3.31. The van der Waals surface area contributed by atoms with Crippen LogP contribution in [0, 0.1) is 11.6 Å². The van der Waals surface area contributed by atoms with Gasteiger partial charge in [-0.1, -0.05) is 5.16 Å². The summed E-state index contributed by atoms with van der Waals surface area (Å²) in [6.45, 7) is -1.03. The highest BCUT2D eigenvalue weighted by molar-refractivity contribution is 7.92. The van der Waals surface area contributed by atoms with Crippen molar-refractivity contribution in [1.82, 2.24) is 19.7 Å². The van der Waals surface area contributed by atoms with Crippen molar-refractivity contribution in [1.29, 1.82) is 0 Å². The van der Waals surface area contributed by atoms with E-state index in [4.69, 9.17) is 0 Å². The highest BCUT2D eigenvalue weighted by atomic mass is 32.2. The number of carbonyl (C=O) groups is 1. The van der Waals surface area contributed by atoms with Gasteiger partial charge in [-0.25, -0.2) is 17.2 Å². The Kier molecular flexibility index (Phi) is 6.80. The number of hydrogen-bond donors (Lipinski definition) is 1. The van der Waals surface area contributed by atoms with Gasteiger partial charge in [0.25, 0.3) is 9.84 Å². The number of nitrogens with zero attached hydrogens (tertiary/aromatic N) is 5. The van der Waals surface area contributed by atoms with E-state index in [1.165, 1.54) is 0 Å². The molecule has 2 aromatic rings. The van der Waals surface area contributed by atoms with Gasteiger partial charge in [0.15, 0.2) is 17.5 Å². The maximum absolute atomic E-state index is 13.7. The topological polar surface area (TPSA) is 118 Å². The number of sulfone groups is 1. The van der Waals surface area contributed by atoms with E-state index in [2.05, 4.69) is 15.4 Å². The van der Waals surface area contributed by atoms with Gasteiger partial charge in [-0.05, 0) is 17.7 Å². The van der Waals surface area contributed by atoms with Crippen molar-refractivity contribution in [2.75, 3.05) is 6.54 Å². The predicted octanol–water partition coefficient (Wildman–Crippen LogP) is 2.67. The summed E-state index contributed by atoms with van der Waals surface area (Å²) in [6.07, 6.45) is -6.61. The Morgan fingerprint density at radius 2 is 1.69 bits per heavy atom. The average Bonchev–Trinajstić information content (AvgIpc) is 3.18. The Labute approximate surface area is 190 Å². The van der Waals surface area contributed by atoms with Crippen LogP contribution in [0.15, 0.2) is 22.2 Å². The van der Waals surface area contributed by atoms with Gasteiger partial charge >= 0.3 is 11.7 Å². The van der Waals surface area contributed by atoms with Crippen LogP contribution in [0.4, 0.5) is 35.1 Å². The molecule has 0 atom stereocenters. The Morgan fingerprint density at radius 1 is 1.06 bits per heavy atom. The van der Waals surface area contributed by atoms with E-state index in [-0.39, 0.29) is 31.0 Å².